The number of aliphatic imine (C=N–C) groups is 1. The lowest BCUT2D eigenvalue weighted by Gasteiger charge is -2.39. The molecule has 0 spiro atoms. The first-order valence-corrected chi connectivity index (χ1v) is 9.96. The van der Waals surface area contributed by atoms with E-state index in [1.165, 1.54) is 17.8 Å². The number of fused-ring (bicyclic) bond motifs is 1. The van der Waals surface area contributed by atoms with Crippen molar-refractivity contribution in [2.24, 2.45) is 4.99 Å². The molecule has 1 aromatic carbocycles. The van der Waals surface area contributed by atoms with E-state index in [4.69, 9.17) is 4.99 Å². The summed E-state index contributed by atoms with van der Waals surface area (Å²) in [5.74, 6) is 0.835. The van der Waals surface area contributed by atoms with E-state index in [0.717, 1.165) is 60.0 Å². The van der Waals surface area contributed by atoms with Crippen LogP contribution in [0.4, 0.5) is 5.69 Å². The van der Waals surface area contributed by atoms with E-state index in [-0.39, 0.29) is 0 Å². The molecule has 0 unspecified atom stereocenters. The second-order valence-corrected chi connectivity index (χ2v) is 7.63. The third-order valence-corrected chi connectivity index (χ3v) is 6.10. The summed E-state index contributed by atoms with van der Waals surface area (Å²) < 4.78 is 0. The number of benzene rings is 1. The molecule has 2 aliphatic rings. The van der Waals surface area contributed by atoms with Gasteiger partial charge in [0.1, 0.15) is 0 Å². The van der Waals surface area contributed by atoms with Crippen molar-refractivity contribution >= 4 is 35.0 Å². The second-order valence-electron chi connectivity index (χ2n) is 6.75. The molecule has 0 atom stereocenters. The number of hydrogen-bond donors (Lipinski definition) is 0. The Hall–Kier alpha value is -2.91. The van der Waals surface area contributed by atoms with Gasteiger partial charge in [0.15, 0.2) is 6.29 Å². The van der Waals surface area contributed by atoms with E-state index in [0.29, 0.717) is 17.7 Å². The number of likely N-dealkylation sites (tertiary alicyclic amines) is 1. The molecule has 5 nitrogen and oxygen atoms in total. The SMILES string of the molecule is C=C1c2scc(C=O)c2N=C(N2CCCCC2)N1Cc1ccccc1C#N. The average Bonchev–Trinajstić information content (AvgIpc) is 3.14. The zero-order valence-corrected chi connectivity index (χ0v) is 15.8. The molecule has 2 aromatic rings. The number of aldehydes is 1. The predicted molar refractivity (Wildman–Crippen MR) is 108 cm³/mol. The van der Waals surface area contributed by atoms with Crippen LogP contribution in [0.25, 0.3) is 5.70 Å². The Morgan fingerprint density at radius 3 is 2.78 bits per heavy atom. The van der Waals surface area contributed by atoms with Gasteiger partial charge in [0.25, 0.3) is 0 Å². The summed E-state index contributed by atoms with van der Waals surface area (Å²) in [6, 6.07) is 9.90. The lowest BCUT2D eigenvalue weighted by Crippen LogP contribution is -2.46. The maximum atomic E-state index is 11.4. The minimum Gasteiger partial charge on any atom is -0.342 e. The van der Waals surface area contributed by atoms with Crippen molar-refractivity contribution < 1.29 is 4.79 Å². The van der Waals surface area contributed by atoms with Crippen LogP contribution in [-0.2, 0) is 6.54 Å². The van der Waals surface area contributed by atoms with Gasteiger partial charge in [0, 0.05) is 18.5 Å². The molecule has 6 heteroatoms. The fraction of sp³-hybridized carbons (Fsp3) is 0.286. The number of hydrogen-bond acceptors (Lipinski definition) is 6. The minimum atomic E-state index is 0.533. The zero-order chi connectivity index (χ0) is 18.8. The molecule has 1 aromatic heterocycles. The highest BCUT2D eigenvalue weighted by molar-refractivity contribution is 7.12. The number of rotatable bonds is 3. The lowest BCUT2D eigenvalue weighted by molar-refractivity contribution is 0.112. The Bertz CT molecular complexity index is 963. The summed E-state index contributed by atoms with van der Waals surface area (Å²) in [6.07, 6.45) is 4.35. The normalized spacial score (nSPS) is 16.6. The van der Waals surface area contributed by atoms with Crippen LogP contribution in [0.15, 0.2) is 41.2 Å². The molecule has 136 valence electrons. The van der Waals surface area contributed by atoms with E-state index in [9.17, 15) is 10.1 Å². The average molecular weight is 376 g/mol. The van der Waals surface area contributed by atoms with Crippen molar-refractivity contribution in [1.29, 1.82) is 5.26 Å². The van der Waals surface area contributed by atoms with Crippen LogP contribution in [0, 0.1) is 11.3 Å². The van der Waals surface area contributed by atoms with E-state index < -0.39 is 0 Å². The molecule has 0 amide bonds. The highest BCUT2D eigenvalue weighted by Gasteiger charge is 2.31. The fourth-order valence-electron chi connectivity index (χ4n) is 3.61. The molecule has 0 N–H and O–H groups in total. The zero-order valence-electron chi connectivity index (χ0n) is 15.0. The Morgan fingerprint density at radius 1 is 1.26 bits per heavy atom. The van der Waals surface area contributed by atoms with E-state index in [2.05, 4.69) is 22.4 Å². The van der Waals surface area contributed by atoms with Crippen LogP contribution < -0.4 is 0 Å². The highest BCUT2D eigenvalue weighted by Crippen LogP contribution is 2.41. The van der Waals surface area contributed by atoms with Gasteiger partial charge in [-0.3, -0.25) is 4.79 Å². The number of nitriles is 1. The molecular formula is C21H20N4OS. The molecule has 4 rings (SSSR count). The minimum absolute atomic E-state index is 0.533. The second kappa shape index (κ2) is 7.37. The van der Waals surface area contributed by atoms with Gasteiger partial charge in [-0.05, 0) is 30.9 Å². The molecule has 0 bridgehead atoms. The summed E-state index contributed by atoms with van der Waals surface area (Å²) in [5.41, 5.74) is 3.79. The molecule has 1 fully saturated rings. The maximum Gasteiger partial charge on any atom is 0.206 e. The first-order valence-electron chi connectivity index (χ1n) is 9.08. The fourth-order valence-corrected chi connectivity index (χ4v) is 4.54. The number of piperidine rings is 1. The van der Waals surface area contributed by atoms with Gasteiger partial charge in [-0.2, -0.15) is 5.26 Å². The largest absolute Gasteiger partial charge is 0.342 e. The molecule has 0 aliphatic carbocycles. The third-order valence-electron chi connectivity index (χ3n) is 5.07. The third kappa shape index (κ3) is 3.15. The Morgan fingerprint density at radius 2 is 2.04 bits per heavy atom. The van der Waals surface area contributed by atoms with Crippen LogP contribution in [0.2, 0.25) is 0 Å². The van der Waals surface area contributed by atoms with Gasteiger partial charge in [-0.1, -0.05) is 24.8 Å². The number of thiophene rings is 1. The van der Waals surface area contributed by atoms with Crippen LogP contribution >= 0.6 is 11.3 Å². The summed E-state index contributed by atoms with van der Waals surface area (Å²) in [4.78, 5) is 21.6. The predicted octanol–water partition coefficient (Wildman–Crippen LogP) is 4.39. The van der Waals surface area contributed by atoms with Crippen molar-refractivity contribution in [2.45, 2.75) is 25.8 Å². The topological polar surface area (TPSA) is 59.7 Å². The smallest absolute Gasteiger partial charge is 0.206 e. The number of nitrogens with zero attached hydrogens (tertiary/aromatic N) is 4. The first-order chi connectivity index (χ1) is 13.2. The van der Waals surface area contributed by atoms with Gasteiger partial charge in [-0.15, -0.1) is 11.3 Å². The van der Waals surface area contributed by atoms with Gasteiger partial charge < -0.3 is 9.80 Å². The summed E-state index contributed by atoms with van der Waals surface area (Å²) in [6.45, 7) is 6.73. The molecule has 27 heavy (non-hydrogen) atoms. The monoisotopic (exact) mass is 376 g/mol. The van der Waals surface area contributed by atoms with Crippen LogP contribution in [0.5, 0.6) is 0 Å². The van der Waals surface area contributed by atoms with Gasteiger partial charge in [-0.25, -0.2) is 4.99 Å². The summed E-state index contributed by atoms with van der Waals surface area (Å²) >= 11 is 1.49. The van der Waals surface area contributed by atoms with Crippen LogP contribution in [0.1, 0.15) is 45.6 Å². The molecule has 1 saturated heterocycles. The van der Waals surface area contributed by atoms with Gasteiger partial charge in [0.2, 0.25) is 5.96 Å². The highest BCUT2D eigenvalue weighted by atomic mass is 32.1. The van der Waals surface area contributed by atoms with Crippen molar-refractivity contribution in [3.63, 3.8) is 0 Å². The first kappa shape index (κ1) is 17.5. The molecule has 3 heterocycles. The quantitative estimate of drug-likeness (QED) is 0.746. The number of carbonyl (C=O) groups excluding carboxylic acids is 1. The lowest BCUT2D eigenvalue weighted by atomic mass is 10.1. The van der Waals surface area contributed by atoms with Crippen LogP contribution in [0.3, 0.4) is 0 Å². The number of carbonyl (C=O) groups is 1. The number of guanidine groups is 1. The van der Waals surface area contributed by atoms with Crippen molar-refractivity contribution in [3.05, 3.63) is 57.8 Å². The van der Waals surface area contributed by atoms with Crippen molar-refractivity contribution in [1.82, 2.24) is 9.80 Å². The Balaban J connectivity index is 1.77. The molecule has 2 aliphatic heterocycles. The van der Waals surface area contributed by atoms with E-state index in [1.807, 2.05) is 29.6 Å². The maximum absolute atomic E-state index is 11.4. The van der Waals surface area contributed by atoms with Gasteiger partial charge in [0.05, 0.1) is 40.0 Å². The van der Waals surface area contributed by atoms with Gasteiger partial charge >= 0.3 is 0 Å². The van der Waals surface area contributed by atoms with Crippen molar-refractivity contribution in [3.8, 4) is 6.07 Å². The molecular weight excluding hydrogens is 356 g/mol. The Labute approximate surface area is 162 Å². The van der Waals surface area contributed by atoms with E-state index in [1.54, 1.807) is 0 Å². The molecule has 0 saturated carbocycles. The standard InChI is InChI=1S/C21H20N4OS/c1-15-20-19(18(13-26)14-27-20)23-21(24-9-5-2-6-10-24)25(15)12-17-8-4-3-7-16(17)11-22/h3-4,7-8,13-14H,1-2,5-6,9-10,12H2. The summed E-state index contributed by atoms with van der Waals surface area (Å²) in [5, 5.41) is 11.3. The molecule has 0 radical (unpaired) electrons. The van der Waals surface area contributed by atoms with Crippen LogP contribution in [-0.4, -0.2) is 35.1 Å². The Kier molecular flexibility index (Phi) is 4.78. The van der Waals surface area contributed by atoms with E-state index >= 15 is 0 Å². The summed E-state index contributed by atoms with van der Waals surface area (Å²) in [7, 11) is 0. The van der Waals surface area contributed by atoms with Crippen molar-refractivity contribution in [2.75, 3.05) is 13.1 Å².